The van der Waals surface area contributed by atoms with Gasteiger partial charge in [-0.05, 0) is 93.1 Å². The molecule has 4 aliphatic rings. The van der Waals surface area contributed by atoms with E-state index in [9.17, 15) is 35.4 Å². The second-order valence-electron chi connectivity index (χ2n) is 14.1. The van der Waals surface area contributed by atoms with E-state index in [2.05, 4.69) is 32.6 Å². The largest absolute Gasteiger partial charge is 0.547 e. The molecule has 11 atom stereocenters. The van der Waals surface area contributed by atoms with Gasteiger partial charge in [-0.3, -0.25) is 0 Å². The van der Waals surface area contributed by atoms with Crippen LogP contribution in [0.2, 0.25) is 0 Å². The van der Waals surface area contributed by atoms with Crippen molar-refractivity contribution in [3.8, 4) is 0 Å². The molecule has 238 valence electrons. The first-order valence-electron chi connectivity index (χ1n) is 15.7. The Bertz CT molecular complexity index is 1050. The van der Waals surface area contributed by atoms with Crippen LogP contribution in [-0.4, -0.2) is 80.0 Å². The Kier molecular flexibility index (Phi) is 10.5. The SMILES string of the molecule is C=C1/C(=C\C=C2/CCC[C@]3(C)[C@@H]([C@H](C)CCCC(C)(C)O[C@@H]4O[C@H](C(=O)[O-])[C@@H](O)[C@H](O)[C@H]4O)CC[C@@H]23)C[C@@H](O)C[C@@H]1O. The molecule has 0 unspecified atom stereocenters. The second-order valence-corrected chi connectivity index (χ2v) is 14.1. The second kappa shape index (κ2) is 13.2. The van der Waals surface area contributed by atoms with Gasteiger partial charge in [-0.1, -0.05) is 51.0 Å². The number of carboxylic acid groups (broad SMARTS) is 1. The van der Waals surface area contributed by atoms with Crippen molar-refractivity contribution >= 4 is 5.97 Å². The topological polar surface area (TPSA) is 160 Å². The zero-order valence-corrected chi connectivity index (χ0v) is 25.6. The summed E-state index contributed by atoms with van der Waals surface area (Å²) in [4.78, 5) is 11.3. The molecule has 0 bridgehead atoms. The highest BCUT2D eigenvalue weighted by Gasteiger charge is 2.51. The first kappa shape index (κ1) is 33.3. The van der Waals surface area contributed by atoms with E-state index in [-0.39, 0.29) is 5.41 Å². The van der Waals surface area contributed by atoms with Crippen LogP contribution in [0.3, 0.4) is 0 Å². The average molecular weight is 592 g/mol. The van der Waals surface area contributed by atoms with Crippen molar-refractivity contribution in [2.75, 3.05) is 0 Å². The molecule has 9 nitrogen and oxygen atoms in total. The third kappa shape index (κ3) is 7.04. The Morgan fingerprint density at radius 2 is 1.88 bits per heavy atom. The lowest BCUT2D eigenvalue weighted by molar-refractivity contribution is -0.357. The molecule has 0 aromatic heterocycles. The number of ether oxygens (including phenoxy) is 2. The molecule has 5 N–H and O–H groups in total. The highest BCUT2D eigenvalue weighted by atomic mass is 16.7. The lowest BCUT2D eigenvalue weighted by Crippen LogP contribution is -2.63. The summed E-state index contributed by atoms with van der Waals surface area (Å²) in [6, 6.07) is 0. The van der Waals surface area contributed by atoms with Crippen LogP contribution in [0.15, 0.2) is 35.5 Å². The van der Waals surface area contributed by atoms with Crippen LogP contribution in [0.1, 0.15) is 91.9 Å². The summed E-state index contributed by atoms with van der Waals surface area (Å²) in [5, 5.41) is 62.0. The smallest absolute Gasteiger partial charge is 0.187 e. The van der Waals surface area contributed by atoms with Crippen LogP contribution in [0.5, 0.6) is 0 Å². The van der Waals surface area contributed by atoms with E-state index in [1.54, 1.807) is 0 Å². The van der Waals surface area contributed by atoms with Crippen molar-refractivity contribution < 1.29 is 44.9 Å². The van der Waals surface area contributed by atoms with Gasteiger partial charge in [0.1, 0.15) is 24.4 Å². The normalized spacial score (nSPS) is 42.1. The lowest BCUT2D eigenvalue weighted by atomic mass is 9.60. The predicted octanol–water partition coefficient (Wildman–Crippen LogP) is 2.29. The van der Waals surface area contributed by atoms with E-state index in [1.165, 1.54) is 18.4 Å². The van der Waals surface area contributed by atoms with Crippen molar-refractivity contribution in [1.29, 1.82) is 0 Å². The molecule has 9 heteroatoms. The Labute approximate surface area is 249 Å². The number of aliphatic hydroxyl groups is 5. The van der Waals surface area contributed by atoms with Crippen molar-refractivity contribution in [1.82, 2.24) is 0 Å². The number of aliphatic hydroxyl groups excluding tert-OH is 5. The number of fused-ring (bicyclic) bond motifs is 1. The summed E-state index contributed by atoms with van der Waals surface area (Å²) in [5.41, 5.74) is 2.59. The minimum atomic E-state index is -1.80. The third-order valence-corrected chi connectivity index (χ3v) is 10.7. The van der Waals surface area contributed by atoms with Crippen molar-refractivity contribution in [2.24, 2.45) is 23.2 Å². The van der Waals surface area contributed by atoms with E-state index in [0.29, 0.717) is 37.0 Å². The highest BCUT2D eigenvalue weighted by molar-refractivity contribution is 5.71. The van der Waals surface area contributed by atoms with Gasteiger partial charge in [-0.2, -0.15) is 0 Å². The molecule has 0 aromatic carbocycles. The summed E-state index contributed by atoms with van der Waals surface area (Å²) in [7, 11) is 0. The Morgan fingerprint density at radius 3 is 2.57 bits per heavy atom. The van der Waals surface area contributed by atoms with Gasteiger partial charge in [0.25, 0.3) is 0 Å². The van der Waals surface area contributed by atoms with Crippen LogP contribution < -0.4 is 5.11 Å². The summed E-state index contributed by atoms with van der Waals surface area (Å²) < 4.78 is 11.2. The predicted molar refractivity (Wildman–Crippen MR) is 155 cm³/mol. The number of carboxylic acids is 1. The lowest BCUT2D eigenvalue weighted by Gasteiger charge is -2.45. The van der Waals surface area contributed by atoms with Gasteiger partial charge in [0.2, 0.25) is 0 Å². The van der Waals surface area contributed by atoms with Gasteiger partial charge in [-0.15, -0.1) is 0 Å². The zero-order chi connectivity index (χ0) is 31.0. The fourth-order valence-electron chi connectivity index (χ4n) is 8.24. The molecule has 0 spiro atoms. The van der Waals surface area contributed by atoms with Crippen LogP contribution in [0, 0.1) is 23.2 Å². The molecule has 0 aromatic rings. The zero-order valence-electron chi connectivity index (χ0n) is 25.6. The number of carbonyl (C=O) groups excluding carboxylic acids is 1. The summed E-state index contributed by atoms with van der Waals surface area (Å²) in [5.74, 6) is -0.0788. The maximum absolute atomic E-state index is 11.3. The van der Waals surface area contributed by atoms with Gasteiger partial charge in [0, 0.05) is 6.42 Å². The van der Waals surface area contributed by atoms with Gasteiger partial charge in [0.15, 0.2) is 6.29 Å². The number of carbonyl (C=O) groups is 1. The molecule has 1 aliphatic heterocycles. The maximum atomic E-state index is 11.3. The molecular formula is C33H51O9-. The molecular weight excluding hydrogens is 540 g/mol. The Morgan fingerprint density at radius 1 is 1.17 bits per heavy atom. The standard InChI is InChI=1S/C33H52O9/c1-18(8-6-14-32(3,4)42-31-28(38)26(36)27(37)29(41-31)30(39)40)23-12-13-24-20(9-7-15-33(23,24)5)10-11-21-16-22(34)17-25(35)19(21)2/h10-11,18,22-29,31,34-38H,2,6-9,12-17H2,1,3-5H3,(H,39,40)/p-1/b20-10+,21-11-/t18-,22-,23-,24+,25+,26+,27+,28-,29+,31+,33-/m1/s1. The molecule has 0 amide bonds. The molecule has 4 fully saturated rings. The minimum absolute atomic E-state index is 0.216. The Hall–Kier alpha value is -1.59. The van der Waals surface area contributed by atoms with Crippen LogP contribution in [-0.2, 0) is 14.3 Å². The third-order valence-electron chi connectivity index (χ3n) is 10.7. The van der Waals surface area contributed by atoms with E-state index in [1.807, 2.05) is 13.8 Å². The summed E-state index contributed by atoms with van der Waals surface area (Å²) in [6.07, 6.45) is 3.97. The van der Waals surface area contributed by atoms with Gasteiger partial charge >= 0.3 is 0 Å². The van der Waals surface area contributed by atoms with Crippen LogP contribution in [0.4, 0.5) is 0 Å². The summed E-state index contributed by atoms with van der Waals surface area (Å²) >= 11 is 0. The van der Waals surface area contributed by atoms with Gasteiger partial charge in [0.05, 0.1) is 23.8 Å². The number of rotatable bonds is 9. The van der Waals surface area contributed by atoms with E-state index in [4.69, 9.17) is 9.47 Å². The molecule has 1 heterocycles. The van der Waals surface area contributed by atoms with Crippen LogP contribution in [0.25, 0.3) is 0 Å². The van der Waals surface area contributed by atoms with E-state index in [0.717, 1.165) is 43.3 Å². The molecule has 1 saturated heterocycles. The Balaban J connectivity index is 1.34. The van der Waals surface area contributed by atoms with Crippen molar-refractivity contribution in [3.63, 3.8) is 0 Å². The molecule has 4 rings (SSSR count). The van der Waals surface area contributed by atoms with Gasteiger partial charge < -0.3 is 44.9 Å². The number of hydrogen-bond acceptors (Lipinski definition) is 9. The van der Waals surface area contributed by atoms with E-state index < -0.39 is 54.5 Å². The first-order valence-corrected chi connectivity index (χ1v) is 15.7. The minimum Gasteiger partial charge on any atom is -0.547 e. The van der Waals surface area contributed by atoms with Gasteiger partial charge in [-0.25, -0.2) is 0 Å². The first-order chi connectivity index (χ1) is 19.6. The summed E-state index contributed by atoms with van der Waals surface area (Å²) in [6.45, 7) is 12.5. The fraction of sp³-hybridized carbons (Fsp3) is 0.788. The molecule has 3 saturated carbocycles. The maximum Gasteiger partial charge on any atom is 0.187 e. The van der Waals surface area contributed by atoms with E-state index >= 15 is 0 Å². The quantitative estimate of drug-likeness (QED) is 0.271. The monoisotopic (exact) mass is 591 g/mol. The molecule has 42 heavy (non-hydrogen) atoms. The highest BCUT2D eigenvalue weighted by Crippen LogP contribution is 2.60. The fourth-order valence-corrected chi connectivity index (χ4v) is 8.24. The molecule has 0 radical (unpaired) electrons. The van der Waals surface area contributed by atoms with Crippen molar-refractivity contribution in [3.05, 3.63) is 35.5 Å². The number of allylic oxidation sites excluding steroid dienone is 3. The molecule has 3 aliphatic carbocycles. The average Bonchev–Trinajstić information content (AvgIpc) is 3.27. The number of hydrogen-bond donors (Lipinski definition) is 5. The number of aliphatic carboxylic acids is 1. The van der Waals surface area contributed by atoms with Crippen LogP contribution >= 0.6 is 0 Å². The van der Waals surface area contributed by atoms with Crippen molar-refractivity contribution in [2.45, 2.75) is 140 Å².